The molecule has 0 unspecified atom stereocenters. The van der Waals surface area contributed by atoms with Crippen LogP contribution < -0.4 is 0 Å². The van der Waals surface area contributed by atoms with Crippen LogP contribution in [-0.4, -0.2) is 24.1 Å². The SMILES string of the molecule is N#CCOC(=O)C=C1CCSCC1. The van der Waals surface area contributed by atoms with Crippen molar-refractivity contribution in [1.29, 1.82) is 5.26 Å². The minimum atomic E-state index is -0.386. The maximum Gasteiger partial charge on any atom is 0.331 e. The van der Waals surface area contributed by atoms with E-state index in [1.165, 1.54) is 6.08 Å². The summed E-state index contributed by atoms with van der Waals surface area (Å²) in [6, 6.07) is 1.76. The minimum absolute atomic E-state index is 0.155. The second-order valence-electron chi connectivity index (χ2n) is 2.68. The van der Waals surface area contributed by atoms with Crippen molar-refractivity contribution in [2.75, 3.05) is 18.1 Å². The van der Waals surface area contributed by atoms with Gasteiger partial charge in [0.1, 0.15) is 6.07 Å². The molecule has 70 valence electrons. The number of rotatable bonds is 2. The lowest BCUT2D eigenvalue weighted by Crippen LogP contribution is -2.05. The largest absolute Gasteiger partial charge is 0.447 e. The average Bonchev–Trinajstić information content (AvgIpc) is 2.16. The Labute approximate surface area is 81.8 Å². The summed E-state index contributed by atoms with van der Waals surface area (Å²) in [6.45, 7) is -0.155. The third-order valence-electron chi connectivity index (χ3n) is 1.74. The zero-order valence-corrected chi connectivity index (χ0v) is 8.10. The molecule has 0 N–H and O–H groups in total. The summed E-state index contributed by atoms with van der Waals surface area (Å²) < 4.78 is 4.61. The summed E-state index contributed by atoms with van der Waals surface area (Å²) in [5.41, 5.74) is 1.14. The van der Waals surface area contributed by atoms with Crippen LogP contribution in [0.25, 0.3) is 0 Å². The van der Waals surface area contributed by atoms with Gasteiger partial charge in [-0.2, -0.15) is 17.0 Å². The van der Waals surface area contributed by atoms with Gasteiger partial charge in [0.15, 0.2) is 6.61 Å². The van der Waals surface area contributed by atoms with Crippen molar-refractivity contribution in [3.63, 3.8) is 0 Å². The Morgan fingerprint density at radius 2 is 2.31 bits per heavy atom. The predicted molar refractivity (Wildman–Crippen MR) is 51.2 cm³/mol. The molecular formula is C9H11NO2S. The maximum absolute atomic E-state index is 11.0. The Hall–Kier alpha value is -0.950. The van der Waals surface area contributed by atoms with Crippen molar-refractivity contribution in [3.8, 4) is 6.07 Å². The normalized spacial score (nSPS) is 16.1. The Bertz CT molecular complexity index is 247. The number of hydrogen-bond acceptors (Lipinski definition) is 4. The van der Waals surface area contributed by atoms with Crippen LogP contribution in [-0.2, 0) is 9.53 Å². The molecule has 0 spiro atoms. The zero-order valence-electron chi connectivity index (χ0n) is 7.28. The number of ether oxygens (including phenoxy) is 1. The van der Waals surface area contributed by atoms with E-state index in [1.807, 2.05) is 11.8 Å². The molecule has 0 radical (unpaired) electrons. The Balaban J connectivity index is 2.35. The van der Waals surface area contributed by atoms with Crippen LogP contribution in [0.3, 0.4) is 0 Å². The molecule has 0 aromatic rings. The minimum Gasteiger partial charge on any atom is -0.447 e. The average molecular weight is 197 g/mol. The van der Waals surface area contributed by atoms with E-state index >= 15 is 0 Å². The van der Waals surface area contributed by atoms with E-state index < -0.39 is 0 Å². The van der Waals surface area contributed by atoms with Gasteiger partial charge in [-0.05, 0) is 24.3 Å². The van der Waals surface area contributed by atoms with E-state index in [1.54, 1.807) is 6.07 Å². The molecule has 1 rings (SSSR count). The van der Waals surface area contributed by atoms with Crippen molar-refractivity contribution >= 4 is 17.7 Å². The highest BCUT2D eigenvalue weighted by Crippen LogP contribution is 2.21. The first-order valence-corrected chi connectivity index (χ1v) is 5.29. The van der Waals surface area contributed by atoms with Crippen molar-refractivity contribution in [3.05, 3.63) is 11.6 Å². The second-order valence-corrected chi connectivity index (χ2v) is 3.91. The fourth-order valence-corrected chi connectivity index (χ4v) is 2.11. The number of hydrogen-bond donors (Lipinski definition) is 0. The molecular weight excluding hydrogens is 186 g/mol. The van der Waals surface area contributed by atoms with E-state index in [2.05, 4.69) is 4.74 Å². The number of nitriles is 1. The van der Waals surface area contributed by atoms with Gasteiger partial charge in [-0.15, -0.1) is 0 Å². The number of thioether (sulfide) groups is 1. The van der Waals surface area contributed by atoms with Crippen LogP contribution in [0, 0.1) is 11.3 Å². The first-order valence-electron chi connectivity index (χ1n) is 4.14. The first kappa shape index (κ1) is 10.1. The van der Waals surface area contributed by atoms with Crippen LogP contribution in [0.4, 0.5) is 0 Å². The highest BCUT2D eigenvalue weighted by atomic mass is 32.2. The summed E-state index contributed by atoms with van der Waals surface area (Å²) >= 11 is 1.90. The molecule has 0 aromatic carbocycles. The van der Waals surface area contributed by atoms with E-state index in [-0.39, 0.29) is 12.6 Å². The quantitative estimate of drug-likeness (QED) is 0.497. The van der Waals surface area contributed by atoms with Gasteiger partial charge in [0, 0.05) is 6.08 Å². The second kappa shape index (κ2) is 5.65. The standard InChI is InChI=1S/C9H11NO2S/c10-3-4-12-9(11)7-8-1-5-13-6-2-8/h7H,1-2,4-6H2. The third-order valence-corrected chi connectivity index (χ3v) is 2.72. The maximum atomic E-state index is 11.0. The van der Waals surface area contributed by atoms with Gasteiger partial charge < -0.3 is 4.74 Å². The molecule has 4 heteroatoms. The van der Waals surface area contributed by atoms with Gasteiger partial charge in [0.2, 0.25) is 0 Å². The Kier molecular flexibility index (Phi) is 4.41. The van der Waals surface area contributed by atoms with Crippen molar-refractivity contribution in [2.45, 2.75) is 12.8 Å². The summed E-state index contributed by atoms with van der Waals surface area (Å²) in [4.78, 5) is 11.0. The Morgan fingerprint density at radius 1 is 1.62 bits per heavy atom. The molecule has 13 heavy (non-hydrogen) atoms. The lowest BCUT2D eigenvalue weighted by molar-refractivity contribution is -0.136. The predicted octanol–water partition coefficient (Wildman–Crippen LogP) is 1.51. The molecule has 0 bridgehead atoms. The van der Waals surface area contributed by atoms with Crippen LogP contribution in [0.5, 0.6) is 0 Å². The van der Waals surface area contributed by atoms with Gasteiger partial charge in [-0.3, -0.25) is 0 Å². The first-order chi connectivity index (χ1) is 6.33. The van der Waals surface area contributed by atoms with Gasteiger partial charge in [-0.1, -0.05) is 5.57 Å². The lowest BCUT2D eigenvalue weighted by atomic mass is 10.1. The van der Waals surface area contributed by atoms with Crippen LogP contribution in [0.15, 0.2) is 11.6 Å². The van der Waals surface area contributed by atoms with E-state index in [9.17, 15) is 4.79 Å². The van der Waals surface area contributed by atoms with E-state index in [0.717, 1.165) is 29.9 Å². The summed E-state index contributed by atoms with van der Waals surface area (Å²) in [5.74, 6) is 1.78. The zero-order chi connectivity index (χ0) is 9.52. The highest BCUT2D eigenvalue weighted by molar-refractivity contribution is 7.99. The smallest absolute Gasteiger partial charge is 0.331 e. The van der Waals surface area contributed by atoms with Gasteiger partial charge in [0.25, 0.3) is 0 Å². The molecule has 1 heterocycles. The molecule has 1 saturated heterocycles. The fourth-order valence-electron chi connectivity index (χ4n) is 1.09. The van der Waals surface area contributed by atoms with Gasteiger partial charge in [0.05, 0.1) is 0 Å². The van der Waals surface area contributed by atoms with Crippen molar-refractivity contribution in [2.24, 2.45) is 0 Å². The molecule has 1 aliphatic heterocycles. The summed E-state index contributed by atoms with van der Waals surface area (Å²) in [5, 5.41) is 8.17. The third kappa shape index (κ3) is 4.00. The molecule has 0 atom stereocenters. The number of carbonyl (C=O) groups excluding carboxylic acids is 1. The number of carbonyl (C=O) groups is 1. The van der Waals surface area contributed by atoms with Crippen LogP contribution >= 0.6 is 11.8 Å². The summed E-state index contributed by atoms with van der Waals surface area (Å²) in [7, 11) is 0. The number of esters is 1. The molecule has 1 fully saturated rings. The number of nitrogens with zero attached hydrogens (tertiary/aromatic N) is 1. The Morgan fingerprint density at radius 3 is 2.92 bits per heavy atom. The van der Waals surface area contributed by atoms with Crippen LogP contribution in [0.1, 0.15) is 12.8 Å². The van der Waals surface area contributed by atoms with Crippen molar-refractivity contribution < 1.29 is 9.53 Å². The van der Waals surface area contributed by atoms with E-state index in [4.69, 9.17) is 5.26 Å². The molecule has 3 nitrogen and oxygen atoms in total. The lowest BCUT2D eigenvalue weighted by Gasteiger charge is -2.12. The topological polar surface area (TPSA) is 50.1 Å². The van der Waals surface area contributed by atoms with Crippen molar-refractivity contribution in [1.82, 2.24) is 0 Å². The molecule has 1 aliphatic rings. The van der Waals surface area contributed by atoms with Crippen LogP contribution in [0.2, 0.25) is 0 Å². The van der Waals surface area contributed by atoms with E-state index in [0.29, 0.717) is 0 Å². The number of allylic oxidation sites excluding steroid dienone is 1. The van der Waals surface area contributed by atoms with Gasteiger partial charge >= 0.3 is 5.97 Å². The monoisotopic (exact) mass is 197 g/mol. The summed E-state index contributed by atoms with van der Waals surface area (Å²) in [6.07, 6.45) is 3.45. The molecule has 0 amide bonds. The van der Waals surface area contributed by atoms with Gasteiger partial charge in [-0.25, -0.2) is 4.79 Å². The fraction of sp³-hybridized carbons (Fsp3) is 0.556. The highest BCUT2D eigenvalue weighted by Gasteiger charge is 2.07. The molecule has 0 saturated carbocycles. The molecule has 0 aromatic heterocycles. The molecule has 0 aliphatic carbocycles.